The van der Waals surface area contributed by atoms with Crippen molar-refractivity contribution in [3.8, 4) is 6.07 Å². The Morgan fingerprint density at radius 1 is 1.38 bits per heavy atom. The molecule has 0 atom stereocenters. The van der Waals surface area contributed by atoms with Gasteiger partial charge in [-0.25, -0.2) is 0 Å². The number of halogens is 1. The number of rotatable bonds is 3. The van der Waals surface area contributed by atoms with Crippen LogP contribution in [0.2, 0.25) is 5.02 Å². The number of benzene rings is 1. The van der Waals surface area contributed by atoms with E-state index in [-0.39, 0.29) is 11.7 Å². The van der Waals surface area contributed by atoms with Gasteiger partial charge in [0.25, 0.3) is 5.91 Å². The summed E-state index contributed by atoms with van der Waals surface area (Å²) in [5, 5.41) is 12.7. The Labute approximate surface area is 131 Å². The van der Waals surface area contributed by atoms with Gasteiger partial charge in [0, 0.05) is 10.6 Å². The number of carbonyl (C=O) groups is 2. The summed E-state index contributed by atoms with van der Waals surface area (Å²) in [7, 11) is 0. The highest BCUT2D eigenvalue weighted by atomic mass is 35.5. The van der Waals surface area contributed by atoms with Gasteiger partial charge in [-0.2, -0.15) is 5.26 Å². The maximum atomic E-state index is 12.2. The molecule has 2 aromatic rings. The number of carbonyl (C=O) groups excluding carboxylic acids is 2. The van der Waals surface area contributed by atoms with Gasteiger partial charge < -0.3 is 5.32 Å². The fourth-order valence-corrected chi connectivity index (χ4v) is 3.11. The van der Waals surface area contributed by atoms with Crippen LogP contribution in [0.3, 0.4) is 0 Å². The Hall–Kier alpha value is -2.16. The normalized spacial score (nSPS) is 10.0. The maximum absolute atomic E-state index is 12.2. The van der Waals surface area contributed by atoms with E-state index in [0.29, 0.717) is 31.6 Å². The second-order valence-electron chi connectivity index (χ2n) is 4.39. The quantitative estimate of drug-likeness (QED) is 0.868. The number of ketones is 1. The molecule has 0 saturated carbocycles. The Morgan fingerprint density at radius 2 is 2.10 bits per heavy atom. The van der Waals surface area contributed by atoms with E-state index in [2.05, 4.69) is 5.32 Å². The van der Waals surface area contributed by atoms with Crippen molar-refractivity contribution in [1.82, 2.24) is 0 Å². The Balaban J connectivity index is 2.36. The Kier molecular flexibility index (Phi) is 4.41. The molecule has 1 N–H and O–H groups in total. The van der Waals surface area contributed by atoms with Gasteiger partial charge in [0.1, 0.15) is 11.1 Å². The lowest BCUT2D eigenvalue weighted by molar-refractivity contribution is 0.101. The number of hydrogen-bond acceptors (Lipinski definition) is 4. The molecular weight excluding hydrogens is 308 g/mol. The molecule has 0 fully saturated rings. The molecule has 1 aromatic heterocycles. The molecule has 1 heterocycles. The first-order chi connectivity index (χ1) is 9.93. The summed E-state index contributed by atoms with van der Waals surface area (Å²) in [5.74, 6) is -0.498. The van der Waals surface area contributed by atoms with Crippen molar-refractivity contribution in [1.29, 1.82) is 5.26 Å². The third kappa shape index (κ3) is 3.13. The predicted octanol–water partition coefficient (Wildman–Crippen LogP) is 4.04. The predicted molar refractivity (Wildman–Crippen MR) is 83.2 cm³/mol. The number of nitrogens with one attached hydrogen (secondary N) is 1. The second kappa shape index (κ2) is 6.08. The van der Waals surface area contributed by atoms with Crippen LogP contribution in [0.15, 0.2) is 24.3 Å². The van der Waals surface area contributed by atoms with Crippen LogP contribution in [-0.2, 0) is 0 Å². The van der Waals surface area contributed by atoms with Crippen LogP contribution in [0, 0.1) is 18.3 Å². The van der Waals surface area contributed by atoms with Gasteiger partial charge in [0.05, 0.1) is 10.4 Å². The summed E-state index contributed by atoms with van der Waals surface area (Å²) < 4.78 is 0. The van der Waals surface area contributed by atoms with Gasteiger partial charge in [0.15, 0.2) is 5.78 Å². The van der Waals surface area contributed by atoms with E-state index >= 15 is 0 Å². The molecule has 21 heavy (non-hydrogen) atoms. The van der Waals surface area contributed by atoms with E-state index in [1.165, 1.54) is 13.0 Å². The molecule has 0 aliphatic carbocycles. The zero-order valence-electron chi connectivity index (χ0n) is 11.4. The average molecular weight is 319 g/mol. The molecule has 0 aliphatic heterocycles. The molecule has 0 saturated heterocycles. The molecule has 0 spiro atoms. The zero-order chi connectivity index (χ0) is 15.6. The van der Waals surface area contributed by atoms with E-state index in [4.69, 9.17) is 11.6 Å². The van der Waals surface area contributed by atoms with E-state index in [1.54, 1.807) is 25.1 Å². The summed E-state index contributed by atoms with van der Waals surface area (Å²) in [5.41, 5.74) is 1.30. The number of nitriles is 1. The Bertz CT molecular complexity index is 774. The molecule has 106 valence electrons. The Morgan fingerprint density at radius 3 is 2.67 bits per heavy atom. The van der Waals surface area contributed by atoms with Crippen LogP contribution in [-0.4, -0.2) is 11.7 Å². The molecule has 6 heteroatoms. The van der Waals surface area contributed by atoms with Gasteiger partial charge >= 0.3 is 0 Å². The van der Waals surface area contributed by atoms with E-state index in [0.717, 1.165) is 11.3 Å². The minimum Gasteiger partial charge on any atom is -0.312 e. The largest absolute Gasteiger partial charge is 0.312 e. The van der Waals surface area contributed by atoms with Gasteiger partial charge in [-0.3, -0.25) is 9.59 Å². The van der Waals surface area contributed by atoms with Crippen molar-refractivity contribution in [3.05, 3.63) is 50.9 Å². The summed E-state index contributed by atoms with van der Waals surface area (Å²) >= 11 is 6.96. The van der Waals surface area contributed by atoms with Crippen molar-refractivity contribution >= 4 is 39.6 Å². The van der Waals surface area contributed by atoms with Crippen molar-refractivity contribution in [3.63, 3.8) is 0 Å². The van der Waals surface area contributed by atoms with Crippen molar-refractivity contribution < 1.29 is 9.59 Å². The molecule has 1 amide bonds. The highest BCUT2D eigenvalue weighted by Gasteiger charge is 2.19. The van der Waals surface area contributed by atoms with Crippen LogP contribution in [0.5, 0.6) is 0 Å². The minimum absolute atomic E-state index is 0.128. The lowest BCUT2D eigenvalue weighted by Gasteiger charge is -2.03. The van der Waals surface area contributed by atoms with Crippen LogP contribution >= 0.6 is 22.9 Å². The van der Waals surface area contributed by atoms with Crippen LogP contribution in [0.1, 0.15) is 38.1 Å². The van der Waals surface area contributed by atoms with Gasteiger partial charge in [-0.05, 0) is 37.6 Å². The van der Waals surface area contributed by atoms with Gasteiger partial charge in [-0.1, -0.05) is 17.7 Å². The second-order valence-corrected chi connectivity index (χ2v) is 5.85. The topological polar surface area (TPSA) is 70.0 Å². The number of hydrogen-bond donors (Lipinski definition) is 1. The van der Waals surface area contributed by atoms with Crippen LogP contribution in [0.25, 0.3) is 0 Å². The molecular formula is C15H11ClN2O2S. The number of Topliss-reactive ketones (excluding diaryl/α,β-unsaturated/α-hetero) is 1. The summed E-state index contributed by atoms with van der Waals surface area (Å²) in [4.78, 5) is 24.2. The molecule has 0 aliphatic rings. The molecule has 0 unspecified atom stereocenters. The maximum Gasteiger partial charge on any atom is 0.256 e. The number of anilines is 1. The number of nitrogens with zero attached hydrogens (tertiary/aromatic N) is 1. The fourth-order valence-electron chi connectivity index (χ4n) is 1.88. The standard InChI is InChI=1S/C15H11ClN2O2S/c1-8-12(7-17)15(21-13(8)9(2)19)18-14(20)10-4-3-5-11(16)6-10/h3-6H,1-2H3,(H,18,20). The molecule has 0 radical (unpaired) electrons. The lowest BCUT2D eigenvalue weighted by atomic mass is 10.1. The summed E-state index contributed by atoms with van der Waals surface area (Å²) in [6.45, 7) is 3.13. The van der Waals surface area contributed by atoms with E-state index < -0.39 is 0 Å². The van der Waals surface area contributed by atoms with Crippen LogP contribution < -0.4 is 5.32 Å². The van der Waals surface area contributed by atoms with Crippen molar-refractivity contribution in [2.75, 3.05) is 5.32 Å². The first-order valence-corrected chi connectivity index (χ1v) is 7.24. The number of amides is 1. The fraction of sp³-hybridized carbons (Fsp3) is 0.133. The average Bonchev–Trinajstić information content (AvgIpc) is 2.75. The smallest absolute Gasteiger partial charge is 0.256 e. The van der Waals surface area contributed by atoms with Gasteiger partial charge in [0.2, 0.25) is 0 Å². The summed E-state index contributed by atoms with van der Waals surface area (Å²) in [6.07, 6.45) is 0. The monoisotopic (exact) mass is 318 g/mol. The van der Waals surface area contributed by atoms with E-state index in [9.17, 15) is 14.9 Å². The molecule has 4 nitrogen and oxygen atoms in total. The molecule has 0 bridgehead atoms. The van der Waals surface area contributed by atoms with E-state index in [1.807, 2.05) is 6.07 Å². The zero-order valence-corrected chi connectivity index (χ0v) is 12.9. The minimum atomic E-state index is -0.370. The number of thiophene rings is 1. The third-order valence-corrected chi connectivity index (χ3v) is 4.44. The summed E-state index contributed by atoms with van der Waals surface area (Å²) in [6, 6.07) is 8.52. The molecule has 1 aromatic carbocycles. The van der Waals surface area contributed by atoms with Crippen LogP contribution in [0.4, 0.5) is 5.00 Å². The SMILES string of the molecule is CC(=O)c1sc(NC(=O)c2cccc(Cl)c2)c(C#N)c1C. The highest BCUT2D eigenvalue weighted by molar-refractivity contribution is 7.18. The first kappa shape index (κ1) is 15.2. The third-order valence-electron chi connectivity index (χ3n) is 2.89. The molecule has 2 rings (SSSR count). The highest BCUT2D eigenvalue weighted by Crippen LogP contribution is 2.33. The lowest BCUT2D eigenvalue weighted by Crippen LogP contribution is -2.11. The first-order valence-electron chi connectivity index (χ1n) is 6.05. The van der Waals surface area contributed by atoms with Gasteiger partial charge in [-0.15, -0.1) is 11.3 Å². The van der Waals surface area contributed by atoms with Crippen molar-refractivity contribution in [2.45, 2.75) is 13.8 Å². The van der Waals surface area contributed by atoms with Crippen molar-refractivity contribution in [2.24, 2.45) is 0 Å².